The molecule has 1 saturated carbocycles. The average molecular weight is 478 g/mol. The number of carboxylic acids is 1. The van der Waals surface area contributed by atoms with E-state index in [-0.39, 0.29) is 23.5 Å². The van der Waals surface area contributed by atoms with Crippen molar-refractivity contribution < 1.29 is 23.8 Å². The van der Waals surface area contributed by atoms with Crippen LogP contribution in [0.1, 0.15) is 55.2 Å². The van der Waals surface area contributed by atoms with E-state index in [1.165, 1.54) is 24.4 Å². The number of fused-ring (bicyclic) bond motifs is 2. The first kappa shape index (κ1) is 22.1. The second kappa shape index (κ2) is 8.68. The van der Waals surface area contributed by atoms with Crippen LogP contribution in [-0.2, 0) is 9.53 Å². The van der Waals surface area contributed by atoms with Gasteiger partial charge in [-0.2, -0.15) is 5.10 Å². The van der Waals surface area contributed by atoms with E-state index in [0.717, 1.165) is 46.8 Å². The molecule has 2 aromatic carbocycles. The number of H-pyrrole nitrogens is 1. The van der Waals surface area contributed by atoms with Gasteiger partial charge in [-0.3, -0.25) is 9.89 Å². The summed E-state index contributed by atoms with van der Waals surface area (Å²) in [4.78, 5) is 11.8. The van der Waals surface area contributed by atoms with Crippen LogP contribution in [0, 0.1) is 11.7 Å². The average Bonchev–Trinajstić information content (AvgIpc) is 3.60. The Morgan fingerprint density at radius 2 is 2.00 bits per heavy atom. The van der Waals surface area contributed by atoms with Crippen LogP contribution in [0.2, 0.25) is 0 Å². The maximum absolute atomic E-state index is 14.4. The SMILES string of the molecule is COc1cc(-n2c(C3CCOCC3)c(C3CCC(C(=O)O)C3)c3cc4[nH]ncc4cc32)ccc1F. The van der Waals surface area contributed by atoms with E-state index in [1.807, 2.05) is 0 Å². The molecule has 0 spiro atoms. The quantitative estimate of drug-likeness (QED) is 0.395. The number of nitrogens with one attached hydrogen (secondary N) is 1. The van der Waals surface area contributed by atoms with Crippen LogP contribution >= 0.6 is 0 Å². The second-order valence-corrected chi connectivity index (χ2v) is 9.71. The van der Waals surface area contributed by atoms with Gasteiger partial charge < -0.3 is 19.1 Å². The fourth-order valence-corrected chi connectivity index (χ4v) is 6.10. The van der Waals surface area contributed by atoms with E-state index < -0.39 is 11.8 Å². The minimum atomic E-state index is -0.719. The zero-order chi connectivity index (χ0) is 24.1. The number of rotatable bonds is 5. The van der Waals surface area contributed by atoms with Gasteiger partial charge in [-0.25, -0.2) is 4.39 Å². The molecule has 3 heterocycles. The Kier molecular flexibility index (Phi) is 5.48. The largest absolute Gasteiger partial charge is 0.494 e. The summed E-state index contributed by atoms with van der Waals surface area (Å²) in [5.74, 6) is -0.869. The van der Waals surface area contributed by atoms with Gasteiger partial charge in [0, 0.05) is 47.4 Å². The standard InChI is InChI=1S/C27H28FN3O4/c1-34-24-12-19(4-5-21(24)28)31-23-11-18-14-29-30-22(18)13-20(23)25(16-2-3-17(10-16)27(32)33)26(31)15-6-8-35-9-7-15/h4-5,11-17H,2-3,6-10H2,1H3,(H,29,30)(H,32,33). The van der Waals surface area contributed by atoms with Crippen molar-refractivity contribution >= 4 is 27.8 Å². The van der Waals surface area contributed by atoms with E-state index in [4.69, 9.17) is 9.47 Å². The molecule has 1 aliphatic carbocycles. The van der Waals surface area contributed by atoms with Crippen LogP contribution in [0.5, 0.6) is 5.75 Å². The number of aromatic amines is 1. The maximum Gasteiger partial charge on any atom is 0.306 e. The minimum Gasteiger partial charge on any atom is -0.494 e. The summed E-state index contributed by atoms with van der Waals surface area (Å²) in [6.45, 7) is 1.37. The van der Waals surface area contributed by atoms with Gasteiger partial charge in [-0.15, -0.1) is 0 Å². The molecule has 2 unspecified atom stereocenters. The van der Waals surface area contributed by atoms with Crippen molar-refractivity contribution in [3.63, 3.8) is 0 Å². The highest BCUT2D eigenvalue weighted by atomic mass is 19.1. The molecule has 2 N–H and O–H groups in total. The number of hydrogen-bond acceptors (Lipinski definition) is 4. The lowest BCUT2D eigenvalue weighted by Crippen LogP contribution is -2.19. The van der Waals surface area contributed by atoms with Crippen LogP contribution in [0.15, 0.2) is 36.5 Å². The smallest absolute Gasteiger partial charge is 0.306 e. The first-order valence-corrected chi connectivity index (χ1v) is 12.2. The highest BCUT2D eigenvalue weighted by Gasteiger charge is 2.37. The molecule has 35 heavy (non-hydrogen) atoms. The molecule has 8 heteroatoms. The fraction of sp³-hybridized carbons (Fsp3) is 0.407. The molecule has 0 bridgehead atoms. The molecule has 4 aromatic rings. The predicted octanol–water partition coefficient (Wildman–Crippen LogP) is 5.52. The normalized spacial score (nSPS) is 21.2. The number of carbonyl (C=O) groups is 1. The van der Waals surface area contributed by atoms with Crippen molar-refractivity contribution in [2.24, 2.45) is 5.92 Å². The van der Waals surface area contributed by atoms with Crippen molar-refractivity contribution in [2.75, 3.05) is 20.3 Å². The molecule has 2 atom stereocenters. The molecule has 1 saturated heterocycles. The number of methoxy groups -OCH3 is 1. The molecule has 2 aliphatic rings. The summed E-state index contributed by atoms with van der Waals surface area (Å²) in [5.41, 5.74) is 5.20. The Bertz CT molecular complexity index is 1420. The van der Waals surface area contributed by atoms with Gasteiger partial charge in [0.1, 0.15) is 0 Å². The van der Waals surface area contributed by atoms with Gasteiger partial charge in [0.15, 0.2) is 11.6 Å². The Morgan fingerprint density at radius 1 is 1.17 bits per heavy atom. The number of ether oxygens (including phenoxy) is 2. The molecule has 0 radical (unpaired) electrons. The van der Waals surface area contributed by atoms with Crippen LogP contribution in [0.25, 0.3) is 27.5 Å². The van der Waals surface area contributed by atoms with Crippen molar-refractivity contribution in [1.82, 2.24) is 14.8 Å². The fourth-order valence-electron chi connectivity index (χ4n) is 6.10. The van der Waals surface area contributed by atoms with Gasteiger partial charge in [0.2, 0.25) is 0 Å². The molecule has 1 aliphatic heterocycles. The number of hydrogen-bond donors (Lipinski definition) is 2. The Morgan fingerprint density at radius 3 is 2.74 bits per heavy atom. The van der Waals surface area contributed by atoms with Crippen LogP contribution < -0.4 is 4.74 Å². The third kappa shape index (κ3) is 3.67. The summed E-state index contributed by atoms with van der Waals surface area (Å²) in [6.07, 6.45) is 5.71. The monoisotopic (exact) mass is 477 g/mol. The lowest BCUT2D eigenvalue weighted by Gasteiger charge is -2.27. The molecule has 6 rings (SSSR count). The van der Waals surface area contributed by atoms with Gasteiger partial charge >= 0.3 is 5.97 Å². The predicted molar refractivity (Wildman–Crippen MR) is 130 cm³/mol. The van der Waals surface area contributed by atoms with Gasteiger partial charge in [0.25, 0.3) is 0 Å². The highest BCUT2D eigenvalue weighted by molar-refractivity contribution is 5.99. The number of aliphatic carboxylic acids is 1. The first-order chi connectivity index (χ1) is 17.0. The van der Waals surface area contributed by atoms with Gasteiger partial charge in [-0.05, 0) is 67.9 Å². The number of halogens is 1. The minimum absolute atomic E-state index is 0.139. The molecule has 7 nitrogen and oxygen atoms in total. The van der Waals surface area contributed by atoms with E-state index in [9.17, 15) is 14.3 Å². The van der Waals surface area contributed by atoms with Crippen LogP contribution in [0.4, 0.5) is 4.39 Å². The van der Waals surface area contributed by atoms with Gasteiger partial charge in [0.05, 0.1) is 30.3 Å². The Labute approximate surface area is 201 Å². The molecule has 182 valence electrons. The van der Waals surface area contributed by atoms with Crippen LogP contribution in [-0.4, -0.2) is 46.2 Å². The summed E-state index contributed by atoms with van der Waals surface area (Å²) >= 11 is 0. The lowest BCUT2D eigenvalue weighted by atomic mass is 9.86. The van der Waals surface area contributed by atoms with E-state index in [2.05, 4.69) is 26.9 Å². The topological polar surface area (TPSA) is 89.4 Å². The number of benzene rings is 2. The number of nitrogens with zero attached hydrogens (tertiary/aromatic N) is 2. The van der Waals surface area contributed by atoms with Crippen molar-refractivity contribution in [3.05, 3.63) is 53.6 Å². The first-order valence-electron chi connectivity index (χ1n) is 12.2. The number of carboxylic acid groups (broad SMARTS) is 1. The Balaban J connectivity index is 1.66. The van der Waals surface area contributed by atoms with Crippen molar-refractivity contribution in [3.8, 4) is 11.4 Å². The molecular formula is C27H28FN3O4. The maximum atomic E-state index is 14.4. The van der Waals surface area contributed by atoms with Crippen molar-refractivity contribution in [1.29, 1.82) is 0 Å². The molecular weight excluding hydrogens is 449 g/mol. The summed E-state index contributed by atoms with van der Waals surface area (Å²) in [5, 5.41) is 19.1. The van der Waals surface area contributed by atoms with Crippen LogP contribution in [0.3, 0.4) is 0 Å². The van der Waals surface area contributed by atoms with Gasteiger partial charge in [-0.1, -0.05) is 0 Å². The molecule has 2 aromatic heterocycles. The zero-order valence-corrected chi connectivity index (χ0v) is 19.6. The number of aromatic nitrogens is 3. The zero-order valence-electron chi connectivity index (χ0n) is 19.6. The molecule has 2 fully saturated rings. The third-order valence-corrected chi connectivity index (χ3v) is 7.80. The Hall–Kier alpha value is -3.39. The van der Waals surface area contributed by atoms with E-state index >= 15 is 0 Å². The lowest BCUT2D eigenvalue weighted by molar-refractivity contribution is -0.141. The second-order valence-electron chi connectivity index (χ2n) is 9.71. The van der Waals surface area contributed by atoms with E-state index in [1.54, 1.807) is 18.3 Å². The third-order valence-electron chi connectivity index (χ3n) is 7.80. The highest BCUT2D eigenvalue weighted by Crippen LogP contribution is 2.48. The molecule has 0 amide bonds. The summed E-state index contributed by atoms with van der Waals surface area (Å²) in [6, 6.07) is 9.24. The van der Waals surface area contributed by atoms with E-state index in [0.29, 0.717) is 26.1 Å². The summed E-state index contributed by atoms with van der Waals surface area (Å²) < 4.78 is 27.6. The van der Waals surface area contributed by atoms with Crippen molar-refractivity contribution in [2.45, 2.75) is 43.9 Å². The summed E-state index contributed by atoms with van der Waals surface area (Å²) in [7, 11) is 1.47.